The van der Waals surface area contributed by atoms with Crippen LogP contribution < -0.4 is 0 Å². The molecule has 0 aliphatic rings. The summed E-state index contributed by atoms with van der Waals surface area (Å²) < 4.78 is 16.0. The van der Waals surface area contributed by atoms with E-state index in [1.54, 1.807) is 41.5 Å². The summed E-state index contributed by atoms with van der Waals surface area (Å²) in [5.74, 6) is -2.36. The van der Waals surface area contributed by atoms with Crippen molar-refractivity contribution in [2.45, 2.75) is 91.5 Å². The van der Waals surface area contributed by atoms with Crippen LogP contribution in [0, 0.1) is 5.92 Å². The number of benzene rings is 1. The molecule has 0 aliphatic heterocycles. The van der Waals surface area contributed by atoms with Crippen LogP contribution in [-0.2, 0) is 35.2 Å². The minimum absolute atomic E-state index is 0.255. The molecule has 0 fully saturated rings. The van der Waals surface area contributed by atoms with Crippen molar-refractivity contribution in [2.75, 3.05) is 0 Å². The molecule has 0 N–H and O–H groups in total. The zero-order valence-corrected chi connectivity index (χ0v) is 19.2. The lowest BCUT2D eigenvalue weighted by Gasteiger charge is -2.26. The smallest absolute Gasteiger partial charge is 0.320 e. The molecular weight excluding hydrogens is 384 g/mol. The highest BCUT2D eigenvalue weighted by atomic mass is 16.6. The molecule has 0 aliphatic carbocycles. The van der Waals surface area contributed by atoms with Crippen molar-refractivity contribution in [3.05, 3.63) is 35.9 Å². The molecule has 0 spiro atoms. The maximum atomic E-state index is 12.5. The van der Waals surface area contributed by atoms with Gasteiger partial charge in [0.2, 0.25) is 0 Å². The molecule has 1 rings (SSSR count). The Morgan fingerprint density at radius 2 is 1.33 bits per heavy atom. The van der Waals surface area contributed by atoms with Crippen LogP contribution in [-0.4, -0.2) is 29.1 Å². The predicted octanol–water partition coefficient (Wildman–Crippen LogP) is 4.98. The standard InChI is InChI=1S/C24H36O6/c1-23(2,3)29-21(26)19(22(27)30-24(4,5)6)15-11-8-12-16-20(25)28-17-18-13-9-7-10-14-18/h7,9-10,13-14,19H,8,11-12,15-17H2,1-6H3. The van der Waals surface area contributed by atoms with Crippen LogP contribution >= 0.6 is 0 Å². The molecule has 0 amide bonds. The Bertz CT molecular complexity index is 654. The molecule has 0 aromatic heterocycles. The van der Waals surface area contributed by atoms with Gasteiger partial charge in [-0.15, -0.1) is 0 Å². The first-order valence-electron chi connectivity index (χ1n) is 10.5. The maximum Gasteiger partial charge on any atom is 0.320 e. The van der Waals surface area contributed by atoms with Crippen LogP contribution in [0.5, 0.6) is 0 Å². The average Bonchev–Trinajstić information content (AvgIpc) is 2.60. The second kappa shape index (κ2) is 11.7. The highest BCUT2D eigenvalue weighted by Gasteiger charge is 2.34. The Labute approximate surface area is 180 Å². The van der Waals surface area contributed by atoms with Crippen molar-refractivity contribution >= 4 is 17.9 Å². The summed E-state index contributed by atoms with van der Waals surface area (Å²) in [4.78, 5) is 36.8. The first-order valence-corrected chi connectivity index (χ1v) is 10.5. The van der Waals surface area contributed by atoms with Crippen molar-refractivity contribution in [3.63, 3.8) is 0 Å². The fourth-order valence-electron chi connectivity index (χ4n) is 2.68. The van der Waals surface area contributed by atoms with Crippen molar-refractivity contribution in [2.24, 2.45) is 5.92 Å². The van der Waals surface area contributed by atoms with Gasteiger partial charge in [-0.25, -0.2) is 0 Å². The highest BCUT2D eigenvalue weighted by molar-refractivity contribution is 5.95. The highest BCUT2D eigenvalue weighted by Crippen LogP contribution is 2.21. The third-order valence-corrected chi connectivity index (χ3v) is 4.00. The molecule has 30 heavy (non-hydrogen) atoms. The molecule has 0 atom stereocenters. The molecule has 0 unspecified atom stereocenters. The van der Waals surface area contributed by atoms with Crippen molar-refractivity contribution in [3.8, 4) is 0 Å². The summed E-state index contributed by atoms with van der Waals surface area (Å²) in [6.07, 6.45) is 2.56. The van der Waals surface area contributed by atoms with E-state index >= 15 is 0 Å². The fourth-order valence-corrected chi connectivity index (χ4v) is 2.68. The van der Waals surface area contributed by atoms with E-state index in [1.165, 1.54) is 0 Å². The van der Waals surface area contributed by atoms with E-state index in [9.17, 15) is 14.4 Å². The molecule has 0 saturated heterocycles. The van der Waals surface area contributed by atoms with Crippen LogP contribution in [0.3, 0.4) is 0 Å². The van der Waals surface area contributed by atoms with E-state index < -0.39 is 29.1 Å². The zero-order valence-electron chi connectivity index (χ0n) is 19.2. The van der Waals surface area contributed by atoms with E-state index in [-0.39, 0.29) is 12.6 Å². The van der Waals surface area contributed by atoms with Gasteiger partial charge >= 0.3 is 17.9 Å². The third kappa shape index (κ3) is 11.6. The summed E-state index contributed by atoms with van der Waals surface area (Å²) in [5.41, 5.74) is -0.414. The summed E-state index contributed by atoms with van der Waals surface area (Å²) >= 11 is 0. The van der Waals surface area contributed by atoms with Gasteiger partial charge < -0.3 is 14.2 Å². The summed E-state index contributed by atoms with van der Waals surface area (Å²) in [5, 5.41) is 0. The van der Waals surface area contributed by atoms with Crippen LogP contribution in [0.4, 0.5) is 0 Å². The number of ether oxygens (including phenoxy) is 3. The number of carbonyl (C=O) groups is 3. The van der Waals surface area contributed by atoms with Gasteiger partial charge in [-0.1, -0.05) is 43.2 Å². The molecule has 168 valence electrons. The van der Waals surface area contributed by atoms with Crippen LogP contribution in [0.2, 0.25) is 0 Å². The summed E-state index contributed by atoms with van der Waals surface area (Å²) in [6.45, 7) is 10.8. The molecule has 6 nitrogen and oxygen atoms in total. The molecule has 0 bridgehead atoms. The Kier molecular flexibility index (Phi) is 10.0. The topological polar surface area (TPSA) is 78.9 Å². The van der Waals surface area contributed by atoms with E-state index in [1.807, 2.05) is 30.3 Å². The molecule has 0 saturated carbocycles. The summed E-state index contributed by atoms with van der Waals surface area (Å²) in [7, 11) is 0. The van der Waals surface area contributed by atoms with Gasteiger partial charge in [-0.3, -0.25) is 14.4 Å². The van der Waals surface area contributed by atoms with E-state index in [4.69, 9.17) is 14.2 Å². The lowest BCUT2D eigenvalue weighted by Crippen LogP contribution is -2.36. The third-order valence-electron chi connectivity index (χ3n) is 4.00. The van der Waals surface area contributed by atoms with Gasteiger partial charge in [0.05, 0.1) is 0 Å². The number of hydrogen-bond donors (Lipinski definition) is 0. The fraction of sp³-hybridized carbons (Fsp3) is 0.625. The number of carbonyl (C=O) groups excluding carboxylic acids is 3. The van der Waals surface area contributed by atoms with Crippen molar-refractivity contribution < 1.29 is 28.6 Å². The van der Waals surface area contributed by atoms with E-state index in [0.717, 1.165) is 5.56 Å². The Hall–Kier alpha value is -2.37. The largest absolute Gasteiger partial charge is 0.461 e. The summed E-state index contributed by atoms with van der Waals surface area (Å²) in [6, 6.07) is 9.51. The van der Waals surface area contributed by atoms with Crippen molar-refractivity contribution in [1.29, 1.82) is 0 Å². The Balaban J connectivity index is 2.43. The zero-order chi connectivity index (χ0) is 22.8. The molecule has 1 aromatic carbocycles. The van der Waals surface area contributed by atoms with Crippen LogP contribution in [0.15, 0.2) is 30.3 Å². The molecule has 1 aromatic rings. The van der Waals surface area contributed by atoms with Gasteiger partial charge in [-0.05, 0) is 59.9 Å². The Morgan fingerprint density at radius 3 is 1.83 bits per heavy atom. The van der Waals surface area contributed by atoms with Gasteiger partial charge in [0.1, 0.15) is 17.8 Å². The number of rotatable bonds is 10. The van der Waals surface area contributed by atoms with Gasteiger partial charge in [0, 0.05) is 6.42 Å². The van der Waals surface area contributed by atoms with E-state index in [0.29, 0.717) is 32.1 Å². The average molecular weight is 421 g/mol. The van der Waals surface area contributed by atoms with Crippen LogP contribution in [0.1, 0.15) is 79.2 Å². The lowest BCUT2D eigenvalue weighted by atomic mass is 10.00. The lowest BCUT2D eigenvalue weighted by molar-refractivity contribution is -0.174. The number of unbranched alkanes of at least 4 members (excludes halogenated alkanes) is 2. The van der Waals surface area contributed by atoms with E-state index in [2.05, 4.69) is 0 Å². The molecule has 0 radical (unpaired) electrons. The molecular formula is C24H36O6. The minimum atomic E-state index is -0.964. The first-order chi connectivity index (χ1) is 13.9. The quantitative estimate of drug-likeness (QED) is 0.230. The second-order valence-corrected chi connectivity index (χ2v) is 9.37. The van der Waals surface area contributed by atoms with Gasteiger partial charge in [-0.2, -0.15) is 0 Å². The van der Waals surface area contributed by atoms with Gasteiger partial charge in [0.25, 0.3) is 0 Å². The Morgan fingerprint density at radius 1 is 0.800 bits per heavy atom. The maximum absolute atomic E-state index is 12.5. The normalized spacial score (nSPS) is 11.8. The van der Waals surface area contributed by atoms with Crippen molar-refractivity contribution in [1.82, 2.24) is 0 Å². The second-order valence-electron chi connectivity index (χ2n) is 9.37. The first kappa shape index (κ1) is 25.7. The monoisotopic (exact) mass is 420 g/mol. The van der Waals surface area contributed by atoms with Gasteiger partial charge in [0.15, 0.2) is 5.92 Å². The molecule has 6 heteroatoms. The molecule has 0 heterocycles. The SMILES string of the molecule is CC(C)(C)OC(=O)C(CCCCCC(=O)OCc1ccccc1)C(=O)OC(C)(C)C. The predicted molar refractivity (Wildman–Crippen MR) is 115 cm³/mol. The number of hydrogen-bond acceptors (Lipinski definition) is 6. The minimum Gasteiger partial charge on any atom is -0.461 e. The van der Waals surface area contributed by atoms with Crippen LogP contribution in [0.25, 0.3) is 0 Å². The number of esters is 3.